The third-order valence-electron chi connectivity index (χ3n) is 3.56. The van der Waals surface area contributed by atoms with Crippen molar-refractivity contribution in [3.05, 3.63) is 46.5 Å². The molecule has 0 aliphatic rings. The van der Waals surface area contributed by atoms with Gasteiger partial charge in [-0.1, -0.05) is 19.9 Å². The number of amides is 2. The van der Waals surface area contributed by atoms with E-state index in [0.29, 0.717) is 27.6 Å². The second-order valence-electron chi connectivity index (χ2n) is 5.92. The van der Waals surface area contributed by atoms with Crippen molar-refractivity contribution < 1.29 is 14.0 Å². The van der Waals surface area contributed by atoms with Crippen LogP contribution >= 0.6 is 11.3 Å². The molecular weight excluding hydrogens is 338 g/mol. The molecule has 0 atom stereocenters. The first-order chi connectivity index (χ1) is 12.0. The lowest BCUT2D eigenvalue weighted by Gasteiger charge is -2.06. The highest BCUT2D eigenvalue weighted by Crippen LogP contribution is 2.23. The minimum atomic E-state index is -0.168. The van der Waals surface area contributed by atoms with Gasteiger partial charge >= 0.3 is 0 Å². The number of aromatic nitrogens is 1. The summed E-state index contributed by atoms with van der Waals surface area (Å²) in [7, 11) is 0. The molecule has 0 saturated carbocycles. The topological polar surface area (TPSA) is 84.2 Å². The Bertz CT molecular complexity index is 884. The van der Waals surface area contributed by atoms with E-state index in [2.05, 4.69) is 15.6 Å². The molecular formula is C18H19N3O3S. The van der Waals surface area contributed by atoms with Gasteiger partial charge in [-0.3, -0.25) is 9.59 Å². The fourth-order valence-electron chi connectivity index (χ4n) is 2.28. The Morgan fingerprint density at radius 2 is 2.12 bits per heavy atom. The molecule has 1 aromatic carbocycles. The summed E-state index contributed by atoms with van der Waals surface area (Å²) in [4.78, 5) is 28.9. The van der Waals surface area contributed by atoms with E-state index in [0.717, 1.165) is 0 Å². The first-order valence-corrected chi connectivity index (χ1v) is 8.93. The van der Waals surface area contributed by atoms with Gasteiger partial charge in [-0.25, -0.2) is 4.98 Å². The van der Waals surface area contributed by atoms with Crippen LogP contribution in [0.1, 0.15) is 41.7 Å². The van der Waals surface area contributed by atoms with Gasteiger partial charge in [0.1, 0.15) is 5.52 Å². The maximum absolute atomic E-state index is 12.0. The average Bonchev–Trinajstić information content (AvgIpc) is 3.24. The molecule has 0 fully saturated rings. The largest absolute Gasteiger partial charge is 0.440 e. The van der Waals surface area contributed by atoms with E-state index >= 15 is 0 Å². The van der Waals surface area contributed by atoms with Crippen LogP contribution in [0.4, 0.5) is 5.69 Å². The van der Waals surface area contributed by atoms with Gasteiger partial charge in [0.2, 0.25) is 5.91 Å². The first-order valence-electron chi connectivity index (χ1n) is 8.05. The van der Waals surface area contributed by atoms with Crippen molar-refractivity contribution in [2.45, 2.75) is 26.2 Å². The third kappa shape index (κ3) is 4.24. The number of carbonyl (C=O) groups is 2. The number of thiophene rings is 1. The molecule has 0 bridgehead atoms. The fourth-order valence-corrected chi connectivity index (χ4v) is 2.92. The molecule has 2 amide bonds. The molecule has 2 N–H and O–H groups in total. The van der Waals surface area contributed by atoms with Gasteiger partial charge in [0.25, 0.3) is 5.91 Å². The van der Waals surface area contributed by atoms with Crippen molar-refractivity contribution in [3.8, 4) is 0 Å². The molecule has 130 valence electrons. The second kappa shape index (κ2) is 7.48. The molecule has 6 nitrogen and oxygen atoms in total. The maximum Gasteiger partial charge on any atom is 0.261 e. The molecule has 0 saturated heterocycles. The van der Waals surface area contributed by atoms with Gasteiger partial charge in [0.15, 0.2) is 11.5 Å². The summed E-state index contributed by atoms with van der Waals surface area (Å²) < 4.78 is 5.65. The fraction of sp³-hybridized carbons (Fsp3) is 0.278. The van der Waals surface area contributed by atoms with Crippen molar-refractivity contribution in [2.75, 3.05) is 11.9 Å². The number of hydrogen-bond donors (Lipinski definition) is 2. The number of anilines is 1. The molecule has 7 heteroatoms. The van der Waals surface area contributed by atoms with Crippen LogP contribution in [0.3, 0.4) is 0 Å². The molecule has 2 aromatic heterocycles. The number of hydrogen-bond acceptors (Lipinski definition) is 5. The molecule has 3 aromatic rings. The highest BCUT2D eigenvalue weighted by atomic mass is 32.1. The molecule has 25 heavy (non-hydrogen) atoms. The number of nitrogens with zero attached hydrogens (tertiary/aromatic N) is 1. The summed E-state index contributed by atoms with van der Waals surface area (Å²) in [5.41, 5.74) is 2.07. The Hall–Kier alpha value is -2.67. The van der Waals surface area contributed by atoms with Crippen LogP contribution in [0.5, 0.6) is 0 Å². The van der Waals surface area contributed by atoms with Gasteiger partial charge in [-0.05, 0) is 29.6 Å². The lowest BCUT2D eigenvalue weighted by molar-refractivity contribution is -0.116. The molecule has 0 spiro atoms. The van der Waals surface area contributed by atoms with Gasteiger partial charge in [-0.2, -0.15) is 0 Å². The quantitative estimate of drug-likeness (QED) is 0.703. The smallest absolute Gasteiger partial charge is 0.261 e. The van der Waals surface area contributed by atoms with Crippen molar-refractivity contribution in [1.82, 2.24) is 10.3 Å². The average molecular weight is 357 g/mol. The van der Waals surface area contributed by atoms with Crippen LogP contribution in [0, 0.1) is 0 Å². The highest BCUT2D eigenvalue weighted by Gasteiger charge is 2.11. The summed E-state index contributed by atoms with van der Waals surface area (Å²) in [6, 6.07) is 8.92. The highest BCUT2D eigenvalue weighted by molar-refractivity contribution is 7.12. The zero-order valence-corrected chi connectivity index (χ0v) is 14.9. The SMILES string of the molecule is CC(C)c1nc2cc(NC(=O)CCNC(=O)c3cccs3)ccc2o1. The number of oxazole rings is 1. The zero-order valence-electron chi connectivity index (χ0n) is 14.0. The number of carbonyl (C=O) groups excluding carboxylic acids is 2. The van der Waals surface area contributed by atoms with Gasteiger partial charge in [0, 0.05) is 24.6 Å². The lowest BCUT2D eigenvalue weighted by atomic mass is 10.2. The van der Waals surface area contributed by atoms with Crippen molar-refractivity contribution >= 4 is 39.9 Å². The van der Waals surface area contributed by atoms with Gasteiger partial charge < -0.3 is 15.1 Å². The minimum absolute atomic E-state index is 0.159. The molecule has 0 aliphatic heterocycles. The van der Waals surface area contributed by atoms with Crippen molar-refractivity contribution in [1.29, 1.82) is 0 Å². The van der Waals surface area contributed by atoms with Crippen molar-refractivity contribution in [3.63, 3.8) is 0 Å². The lowest BCUT2D eigenvalue weighted by Crippen LogP contribution is -2.27. The predicted molar refractivity (Wildman–Crippen MR) is 98.0 cm³/mol. The minimum Gasteiger partial charge on any atom is -0.440 e. The van der Waals surface area contributed by atoms with E-state index in [9.17, 15) is 9.59 Å². The van der Waals surface area contributed by atoms with E-state index in [1.165, 1.54) is 11.3 Å². The summed E-state index contributed by atoms with van der Waals surface area (Å²) in [5.74, 6) is 0.554. The van der Waals surface area contributed by atoms with Crippen LogP contribution in [0.25, 0.3) is 11.1 Å². The summed E-state index contributed by atoms with van der Waals surface area (Å²) >= 11 is 1.37. The van der Waals surface area contributed by atoms with Gasteiger partial charge in [-0.15, -0.1) is 11.3 Å². The Morgan fingerprint density at radius 3 is 2.84 bits per heavy atom. The zero-order chi connectivity index (χ0) is 17.8. The third-order valence-corrected chi connectivity index (χ3v) is 4.43. The Morgan fingerprint density at radius 1 is 1.28 bits per heavy atom. The Kier molecular flexibility index (Phi) is 5.14. The number of rotatable bonds is 6. The van der Waals surface area contributed by atoms with Crippen LogP contribution in [-0.2, 0) is 4.79 Å². The van der Waals surface area contributed by atoms with E-state index in [-0.39, 0.29) is 30.7 Å². The van der Waals surface area contributed by atoms with E-state index in [1.807, 2.05) is 25.3 Å². The molecule has 0 aliphatic carbocycles. The Labute approximate surface area is 149 Å². The standard InChI is InChI=1S/C18H19N3O3S/c1-11(2)18-21-13-10-12(5-6-14(13)24-18)20-16(22)7-8-19-17(23)15-4-3-9-25-15/h3-6,9-11H,7-8H2,1-2H3,(H,19,23)(H,20,22). The Balaban J connectivity index is 1.53. The van der Waals surface area contributed by atoms with E-state index in [4.69, 9.17) is 4.42 Å². The first kappa shape index (κ1) is 17.2. The van der Waals surface area contributed by atoms with Crippen LogP contribution in [0.15, 0.2) is 40.1 Å². The monoisotopic (exact) mass is 357 g/mol. The van der Waals surface area contributed by atoms with Crippen LogP contribution < -0.4 is 10.6 Å². The normalized spacial score (nSPS) is 11.0. The van der Waals surface area contributed by atoms with E-state index in [1.54, 1.807) is 24.3 Å². The van der Waals surface area contributed by atoms with Crippen LogP contribution in [0.2, 0.25) is 0 Å². The molecule has 0 unspecified atom stereocenters. The number of benzene rings is 1. The molecule has 0 radical (unpaired) electrons. The maximum atomic E-state index is 12.0. The van der Waals surface area contributed by atoms with Crippen LogP contribution in [-0.4, -0.2) is 23.3 Å². The van der Waals surface area contributed by atoms with Crippen molar-refractivity contribution in [2.24, 2.45) is 0 Å². The van der Waals surface area contributed by atoms with Gasteiger partial charge in [0.05, 0.1) is 4.88 Å². The summed E-state index contributed by atoms with van der Waals surface area (Å²) in [6.07, 6.45) is 0.200. The predicted octanol–water partition coefficient (Wildman–Crippen LogP) is 3.77. The summed E-state index contributed by atoms with van der Waals surface area (Å²) in [5, 5.41) is 7.38. The number of nitrogens with one attached hydrogen (secondary N) is 2. The molecule has 2 heterocycles. The van der Waals surface area contributed by atoms with E-state index < -0.39 is 0 Å². The second-order valence-corrected chi connectivity index (χ2v) is 6.87. The summed E-state index contributed by atoms with van der Waals surface area (Å²) in [6.45, 7) is 4.31. The number of fused-ring (bicyclic) bond motifs is 1. The molecule has 3 rings (SSSR count).